The fourth-order valence-corrected chi connectivity index (χ4v) is 6.21. The molecule has 0 bridgehead atoms. The van der Waals surface area contributed by atoms with Crippen LogP contribution in [0.5, 0.6) is 0 Å². The topological polar surface area (TPSA) is 79.4 Å². The highest BCUT2D eigenvalue weighted by Gasteiger charge is 2.26. The fraction of sp³-hybridized carbons (Fsp3) is 0.385. The molecule has 0 aliphatic rings. The van der Waals surface area contributed by atoms with E-state index in [4.69, 9.17) is 0 Å². The van der Waals surface area contributed by atoms with Crippen molar-refractivity contribution in [3.63, 3.8) is 0 Å². The number of hydrogen-bond acceptors (Lipinski definition) is 5. The minimum absolute atomic E-state index is 0.191. The molecular formula is C26H33N3O3S2. The van der Waals surface area contributed by atoms with Crippen LogP contribution < -0.4 is 5.32 Å². The van der Waals surface area contributed by atoms with Crippen molar-refractivity contribution in [1.82, 2.24) is 9.29 Å². The average molecular weight is 500 g/mol. The number of nitrogens with zero attached hydrogens (tertiary/aromatic N) is 2. The third kappa shape index (κ3) is 6.31. The zero-order valence-corrected chi connectivity index (χ0v) is 22.3. The molecule has 2 aromatic carbocycles. The van der Waals surface area contributed by atoms with Gasteiger partial charge in [-0.05, 0) is 55.5 Å². The third-order valence-electron chi connectivity index (χ3n) is 5.27. The van der Waals surface area contributed by atoms with Crippen molar-refractivity contribution in [2.24, 2.45) is 11.8 Å². The molecule has 182 valence electrons. The monoisotopic (exact) mass is 499 g/mol. The first-order valence-electron chi connectivity index (χ1n) is 11.4. The lowest BCUT2D eigenvalue weighted by molar-refractivity contribution is 0.102. The van der Waals surface area contributed by atoms with Gasteiger partial charge in [0.1, 0.15) is 0 Å². The molecule has 8 heteroatoms. The summed E-state index contributed by atoms with van der Waals surface area (Å²) in [6.07, 6.45) is 0. The van der Waals surface area contributed by atoms with E-state index in [1.165, 1.54) is 33.3 Å². The molecule has 0 saturated heterocycles. The SMILES string of the molecule is Cc1ccc(-c2csc(NC(=O)c3ccc(S(=O)(=O)N(CC(C)C)CC(C)C)cc3)n2)c(C)c1. The maximum absolute atomic E-state index is 13.2. The lowest BCUT2D eigenvalue weighted by Crippen LogP contribution is -2.37. The fourth-order valence-electron chi connectivity index (χ4n) is 3.74. The van der Waals surface area contributed by atoms with Gasteiger partial charge in [-0.1, -0.05) is 51.5 Å². The lowest BCUT2D eigenvalue weighted by Gasteiger charge is -2.25. The Morgan fingerprint density at radius 2 is 1.62 bits per heavy atom. The summed E-state index contributed by atoms with van der Waals surface area (Å²) in [6, 6.07) is 12.3. The van der Waals surface area contributed by atoms with Gasteiger partial charge in [-0.15, -0.1) is 11.3 Å². The molecule has 0 aliphatic carbocycles. The summed E-state index contributed by atoms with van der Waals surface area (Å²) in [4.78, 5) is 17.5. The summed E-state index contributed by atoms with van der Waals surface area (Å²) >= 11 is 1.36. The van der Waals surface area contributed by atoms with E-state index in [9.17, 15) is 13.2 Å². The van der Waals surface area contributed by atoms with Crippen molar-refractivity contribution < 1.29 is 13.2 Å². The van der Waals surface area contributed by atoms with Crippen molar-refractivity contribution in [2.75, 3.05) is 18.4 Å². The molecule has 6 nitrogen and oxygen atoms in total. The van der Waals surface area contributed by atoms with Gasteiger partial charge in [-0.3, -0.25) is 10.1 Å². The Hall–Kier alpha value is -2.55. The number of thiazole rings is 1. The van der Waals surface area contributed by atoms with E-state index < -0.39 is 10.0 Å². The average Bonchev–Trinajstić information content (AvgIpc) is 3.20. The molecule has 34 heavy (non-hydrogen) atoms. The van der Waals surface area contributed by atoms with Crippen molar-refractivity contribution in [3.05, 3.63) is 64.5 Å². The van der Waals surface area contributed by atoms with Crippen molar-refractivity contribution in [2.45, 2.75) is 46.4 Å². The predicted octanol–water partition coefficient (Wildman–Crippen LogP) is 5.98. The van der Waals surface area contributed by atoms with Crippen LogP contribution in [0.3, 0.4) is 0 Å². The van der Waals surface area contributed by atoms with Gasteiger partial charge in [-0.25, -0.2) is 13.4 Å². The number of sulfonamides is 1. The highest BCUT2D eigenvalue weighted by Crippen LogP contribution is 2.28. The number of aromatic nitrogens is 1. The van der Waals surface area contributed by atoms with Crippen LogP contribution in [0, 0.1) is 25.7 Å². The minimum Gasteiger partial charge on any atom is -0.298 e. The number of carbonyl (C=O) groups is 1. The Morgan fingerprint density at radius 1 is 1.00 bits per heavy atom. The molecule has 1 heterocycles. The van der Waals surface area contributed by atoms with Gasteiger partial charge < -0.3 is 0 Å². The van der Waals surface area contributed by atoms with Crippen LogP contribution in [0.25, 0.3) is 11.3 Å². The van der Waals surface area contributed by atoms with E-state index in [0.717, 1.165) is 16.8 Å². The molecule has 0 atom stereocenters. The van der Waals surface area contributed by atoms with Crippen molar-refractivity contribution in [3.8, 4) is 11.3 Å². The van der Waals surface area contributed by atoms with Gasteiger partial charge in [0.25, 0.3) is 5.91 Å². The summed E-state index contributed by atoms with van der Waals surface area (Å²) in [5.41, 5.74) is 4.54. The molecule has 0 fully saturated rings. The van der Waals surface area contributed by atoms with E-state index in [1.807, 2.05) is 59.1 Å². The molecule has 0 radical (unpaired) electrons. The number of amides is 1. The smallest absolute Gasteiger partial charge is 0.257 e. The Balaban J connectivity index is 1.74. The Morgan fingerprint density at radius 3 is 2.18 bits per heavy atom. The van der Waals surface area contributed by atoms with Gasteiger partial charge in [0.2, 0.25) is 10.0 Å². The molecule has 3 aromatic rings. The summed E-state index contributed by atoms with van der Waals surface area (Å²) in [7, 11) is -3.64. The molecule has 0 unspecified atom stereocenters. The van der Waals surface area contributed by atoms with Gasteiger partial charge in [0, 0.05) is 29.6 Å². The Labute approximate surface area is 207 Å². The van der Waals surface area contributed by atoms with Crippen LogP contribution in [-0.2, 0) is 10.0 Å². The second-order valence-corrected chi connectivity index (χ2v) is 12.2. The highest BCUT2D eigenvalue weighted by atomic mass is 32.2. The largest absolute Gasteiger partial charge is 0.298 e. The van der Waals surface area contributed by atoms with E-state index in [2.05, 4.69) is 16.4 Å². The highest BCUT2D eigenvalue weighted by molar-refractivity contribution is 7.89. The maximum Gasteiger partial charge on any atom is 0.257 e. The third-order valence-corrected chi connectivity index (χ3v) is 7.88. The van der Waals surface area contributed by atoms with Crippen LogP contribution in [-0.4, -0.2) is 36.7 Å². The second-order valence-electron chi connectivity index (χ2n) is 9.44. The van der Waals surface area contributed by atoms with Crippen LogP contribution in [0.4, 0.5) is 5.13 Å². The van der Waals surface area contributed by atoms with Crippen LogP contribution in [0.2, 0.25) is 0 Å². The summed E-state index contributed by atoms with van der Waals surface area (Å²) in [5.74, 6) is 0.0996. The number of nitrogens with one attached hydrogen (secondary N) is 1. The molecule has 0 spiro atoms. The van der Waals surface area contributed by atoms with Gasteiger partial charge in [0.15, 0.2) is 5.13 Å². The maximum atomic E-state index is 13.2. The zero-order chi connectivity index (χ0) is 25.0. The summed E-state index contributed by atoms with van der Waals surface area (Å²) in [6.45, 7) is 13.0. The molecule has 0 saturated carbocycles. The first-order valence-corrected chi connectivity index (χ1v) is 13.7. The molecule has 1 aromatic heterocycles. The van der Waals surface area contributed by atoms with Crippen LogP contribution >= 0.6 is 11.3 Å². The van der Waals surface area contributed by atoms with E-state index in [-0.39, 0.29) is 22.6 Å². The second kappa shape index (κ2) is 10.8. The Bertz CT molecular complexity index is 1240. The Kier molecular flexibility index (Phi) is 8.28. The molecule has 1 N–H and O–H groups in total. The number of hydrogen-bond donors (Lipinski definition) is 1. The van der Waals surface area contributed by atoms with Gasteiger partial charge >= 0.3 is 0 Å². The number of carbonyl (C=O) groups excluding carboxylic acids is 1. The number of rotatable bonds is 9. The molecule has 0 aliphatic heterocycles. The van der Waals surface area contributed by atoms with Crippen LogP contribution in [0.15, 0.2) is 52.7 Å². The van der Waals surface area contributed by atoms with Crippen LogP contribution in [0.1, 0.15) is 49.2 Å². The summed E-state index contributed by atoms with van der Waals surface area (Å²) in [5, 5.41) is 5.24. The number of benzene rings is 2. The standard InChI is InChI=1S/C26H33N3O3S2/c1-17(2)14-29(15-18(3)4)34(31,32)22-10-8-21(9-11-22)25(30)28-26-27-24(16-33-26)23-12-7-19(5)13-20(23)6/h7-13,16-18H,14-15H2,1-6H3,(H,27,28,30). The van der Waals surface area contributed by atoms with Gasteiger partial charge in [-0.2, -0.15) is 4.31 Å². The minimum atomic E-state index is -3.64. The van der Waals surface area contributed by atoms with Crippen molar-refractivity contribution >= 4 is 32.4 Å². The zero-order valence-electron chi connectivity index (χ0n) is 20.6. The first kappa shape index (κ1) is 26.1. The predicted molar refractivity (Wildman–Crippen MR) is 140 cm³/mol. The molecule has 3 rings (SSSR count). The lowest BCUT2D eigenvalue weighted by atomic mass is 10.0. The number of aryl methyl sites for hydroxylation is 2. The van der Waals surface area contributed by atoms with Crippen molar-refractivity contribution in [1.29, 1.82) is 0 Å². The number of anilines is 1. The molecule has 1 amide bonds. The van der Waals surface area contributed by atoms with E-state index in [0.29, 0.717) is 23.8 Å². The normalized spacial score (nSPS) is 12.0. The van der Waals surface area contributed by atoms with E-state index >= 15 is 0 Å². The van der Waals surface area contributed by atoms with Gasteiger partial charge in [0.05, 0.1) is 10.6 Å². The van der Waals surface area contributed by atoms with E-state index in [1.54, 1.807) is 12.1 Å². The first-order chi connectivity index (χ1) is 16.0. The molecular weight excluding hydrogens is 466 g/mol. The quantitative estimate of drug-likeness (QED) is 0.393. The summed E-state index contributed by atoms with van der Waals surface area (Å²) < 4.78 is 27.9.